The van der Waals surface area contributed by atoms with E-state index in [0.717, 1.165) is 0 Å². The number of hydrogen-bond donors (Lipinski definition) is 0. The molecule has 0 aromatic heterocycles. The molecule has 0 spiro atoms. The predicted octanol–water partition coefficient (Wildman–Crippen LogP) is 2.34. The average Bonchev–Trinajstić information content (AvgIpc) is 1.25. The molecule has 0 amide bonds. The van der Waals surface area contributed by atoms with Crippen molar-refractivity contribution in [3.05, 3.63) is 0 Å². The molecule has 0 saturated heterocycles. The molecule has 0 N–H and O–H groups in total. The second-order valence-corrected chi connectivity index (χ2v) is 1.53. The van der Waals surface area contributed by atoms with Crippen LogP contribution in [0.2, 0.25) is 0 Å². The van der Waals surface area contributed by atoms with Crippen molar-refractivity contribution in [3.63, 3.8) is 0 Å². The van der Waals surface area contributed by atoms with Crippen LogP contribution in [0.25, 0.3) is 0 Å². The van der Waals surface area contributed by atoms with Crippen molar-refractivity contribution >= 4 is 12.6 Å². The van der Waals surface area contributed by atoms with E-state index in [2.05, 4.69) is 12.6 Å². The lowest BCUT2D eigenvalue weighted by molar-refractivity contribution is -0.236. The van der Waals surface area contributed by atoms with Crippen LogP contribution >= 0.6 is 12.6 Å². The van der Waals surface area contributed by atoms with Gasteiger partial charge in [0.1, 0.15) is 0 Å². The van der Waals surface area contributed by atoms with Crippen LogP contribution in [0.3, 0.4) is 0 Å². The van der Waals surface area contributed by atoms with Gasteiger partial charge in [-0.3, -0.25) is 0 Å². The summed E-state index contributed by atoms with van der Waals surface area (Å²) in [7, 11) is 0. The lowest BCUT2D eigenvalue weighted by atomic mass is 10.7. The highest BCUT2D eigenvalue weighted by molar-refractivity contribution is 7.81. The van der Waals surface area contributed by atoms with Crippen LogP contribution in [0.4, 0.5) is 22.0 Å². The molecule has 0 nitrogen and oxygen atoms in total. The van der Waals surface area contributed by atoms with Crippen molar-refractivity contribution in [1.82, 2.24) is 0 Å². The zero-order chi connectivity index (χ0) is 7.00. The number of rotatable bonds is 0. The van der Waals surface area contributed by atoms with Crippen LogP contribution in [-0.2, 0) is 0 Å². The van der Waals surface area contributed by atoms with Gasteiger partial charge in [-0.15, -0.1) is 0 Å². The van der Waals surface area contributed by atoms with Crippen molar-refractivity contribution in [2.24, 2.45) is 0 Å². The van der Waals surface area contributed by atoms with E-state index in [1.807, 2.05) is 0 Å². The molecule has 0 aliphatic carbocycles. The predicted molar refractivity (Wildman–Crippen MR) is 18.6 cm³/mol. The molecule has 0 atom stereocenters. The minimum atomic E-state index is -5.58. The Labute approximate surface area is 47.1 Å². The molecule has 0 bridgehead atoms. The Bertz CT molecular complexity index is 65.4. The van der Waals surface area contributed by atoms with Crippen molar-refractivity contribution in [2.75, 3.05) is 0 Å². The van der Waals surface area contributed by atoms with Crippen LogP contribution < -0.4 is 0 Å². The van der Waals surface area contributed by atoms with Crippen LogP contribution in [0.5, 0.6) is 0 Å². The number of alkyl halides is 5. The third-order valence-electron chi connectivity index (χ3n) is 0.330. The Morgan fingerprint density at radius 1 is 0.875 bits per heavy atom. The van der Waals surface area contributed by atoms with E-state index in [-0.39, 0.29) is 0 Å². The highest BCUT2D eigenvalue weighted by Crippen LogP contribution is 2.37. The maximum atomic E-state index is 10.9. The van der Waals surface area contributed by atoms with Gasteiger partial charge < -0.3 is 0 Å². The van der Waals surface area contributed by atoms with Crippen molar-refractivity contribution in [2.45, 2.75) is 11.4 Å². The van der Waals surface area contributed by atoms with Gasteiger partial charge in [0.05, 0.1) is 0 Å². The first-order valence-corrected chi connectivity index (χ1v) is 1.81. The minimum absolute atomic E-state index is 2.76. The Morgan fingerprint density at radius 3 is 1.00 bits per heavy atom. The first-order valence-electron chi connectivity index (χ1n) is 1.40. The van der Waals surface area contributed by atoms with Crippen LogP contribution in [0, 0.1) is 0 Å². The summed E-state index contributed by atoms with van der Waals surface area (Å²) in [6, 6.07) is 0. The van der Waals surface area contributed by atoms with Crippen molar-refractivity contribution in [3.8, 4) is 0 Å². The number of hydrogen-bond acceptors (Lipinski definition) is 0. The molecule has 49 valence electrons. The molecular formula is C2F5S. The van der Waals surface area contributed by atoms with Gasteiger partial charge >= 0.3 is 11.4 Å². The zero-order valence-corrected chi connectivity index (χ0v) is 4.11. The lowest BCUT2D eigenvalue weighted by Gasteiger charge is -2.10. The fourth-order valence-electron chi connectivity index (χ4n) is 0. The zero-order valence-electron chi connectivity index (χ0n) is 3.30. The molecule has 0 aliphatic rings. The standard InChI is InChI=1S/C2F5S/c3-1(4,5)2(6,7)8. The van der Waals surface area contributed by atoms with E-state index >= 15 is 0 Å². The molecule has 0 saturated carbocycles. The average molecular weight is 151 g/mol. The van der Waals surface area contributed by atoms with Gasteiger partial charge in [0, 0.05) is 0 Å². The summed E-state index contributed by atoms with van der Waals surface area (Å²) in [5, 5.41) is -4.98. The highest BCUT2D eigenvalue weighted by Gasteiger charge is 2.55. The van der Waals surface area contributed by atoms with E-state index in [1.54, 1.807) is 0 Å². The van der Waals surface area contributed by atoms with Gasteiger partial charge in [-0.25, -0.2) is 0 Å². The second kappa shape index (κ2) is 1.75. The minimum Gasteiger partial charge on any atom is -0.183 e. The molecule has 0 aliphatic heterocycles. The summed E-state index contributed by atoms with van der Waals surface area (Å²) in [4.78, 5) is 0. The van der Waals surface area contributed by atoms with E-state index in [9.17, 15) is 22.0 Å². The lowest BCUT2D eigenvalue weighted by Crippen LogP contribution is -2.29. The van der Waals surface area contributed by atoms with Gasteiger partial charge in [-0.2, -0.15) is 22.0 Å². The first kappa shape index (κ1) is 8.00. The summed E-state index contributed by atoms with van der Waals surface area (Å²) >= 11 is 2.76. The molecule has 0 aromatic rings. The fourth-order valence-corrected chi connectivity index (χ4v) is 0. The molecule has 6 heteroatoms. The molecule has 0 unspecified atom stereocenters. The Hall–Kier alpha value is -0.0000000000000000555. The Balaban J connectivity index is 4.02. The smallest absolute Gasteiger partial charge is 0.183 e. The largest absolute Gasteiger partial charge is 0.464 e. The molecule has 1 radical (unpaired) electrons. The van der Waals surface area contributed by atoms with Crippen molar-refractivity contribution in [1.29, 1.82) is 0 Å². The SMILES string of the molecule is FC(F)(F)C(F)(F)[S]. The van der Waals surface area contributed by atoms with Crippen LogP contribution in [0.1, 0.15) is 0 Å². The van der Waals surface area contributed by atoms with Crippen molar-refractivity contribution < 1.29 is 22.0 Å². The Kier molecular flexibility index (Phi) is 1.75. The summed E-state index contributed by atoms with van der Waals surface area (Å²) in [6.45, 7) is 0. The van der Waals surface area contributed by atoms with Crippen LogP contribution in [0.15, 0.2) is 0 Å². The topological polar surface area (TPSA) is 0 Å². The third kappa shape index (κ3) is 1.85. The summed E-state index contributed by atoms with van der Waals surface area (Å²) in [5.74, 6) is 0. The maximum Gasteiger partial charge on any atom is 0.464 e. The summed E-state index contributed by atoms with van der Waals surface area (Å²) in [6.07, 6.45) is -5.58. The first-order chi connectivity index (χ1) is 3.25. The second-order valence-electron chi connectivity index (χ2n) is 1.01. The Morgan fingerprint density at radius 2 is 1.00 bits per heavy atom. The van der Waals surface area contributed by atoms with E-state index in [4.69, 9.17) is 0 Å². The van der Waals surface area contributed by atoms with E-state index < -0.39 is 11.4 Å². The molecule has 8 heavy (non-hydrogen) atoms. The molecular weight excluding hydrogens is 151 g/mol. The fraction of sp³-hybridized carbons (Fsp3) is 1.00. The van der Waals surface area contributed by atoms with Gasteiger partial charge in [0.2, 0.25) is 0 Å². The van der Waals surface area contributed by atoms with Gasteiger partial charge in [0.15, 0.2) is 0 Å². The van der Waals surface area contributed by atoms with E-state index in [0.29, 0.717) is 0 Å². The van der Waals surface area contributed by atoms with Crippen LogP contribution in [-0.4, -0.2) is 11.4 Å². The third-order valence-corrected chi connectivity index (χ3v) is 0.561. The normalized spacial score (nSPS) is 14.2. The molecule has 0 fully saturated rings. The van der Waals surface area contributed by atoms with Gasteiger partial charge in [-0.1, -0.05) is 0 Å². The quantitative estimate of drug-likeness (QED) is 0.466. The highest BCUT2D eigenvalue weighted by atomic mass is 32.1. The van der Waals surface area contributed by atoms with Gasteiger partial charge in [0.25, 0.3) is 0 Å². The van der Waals surface area contributed by atoms with Gasteiger partial charge in [-0.05, 0) is 12.6 Å². The summed E-state index contributed by atoms with van der Waals surface area (Å²) < 4.78 is 54.0. The molecule has 0 rings (SSSR count). The van der Waals surface area contributed by atoms with E-state index in [1.165, 1.54) is 0 Å². The monoisotopic (exact) mass is 151 g/mol. The molecule has 0 aromatic carbocycles. The number of halogens is 5. The molecule has 0 heterocycles. The maximum absolute atomic E-state index is 10.9. The summed E-state index contributed by atoms with van der Waals surface area (Å²) in [5.41, 5.74) is 0.